The Labute approximate surface area is 225 Å². The highest BCUT2D eigenvalue weighted by molar-refractivity contribution is 7.16. The molecule has 1 aromatic heterocycles. The van der Waals surface area contributed by atoms with Gasteiger partial charge in [-0.1, -0.05) is 53.8 Å². The van der Waals surface area contributed by atoms with Crippen molar-refractivity contribution in [2.75, 3.05) is 20.3 Å². The van der Waals surface area contributed by atoms with E-state index in [9.17, 15) is 27.6 Å². The smallest absolute Gasteiger partial charge is 0.411 e. The number of carbonyl (C=O) groups is 2. The maximum Gasteiger partial charge on any atom is 0.411 e. The number of aromatic nitrogens is 1. The molecule has 0 bridgehead atoms. The second-order valence-corrected chi connectivity index (χ2v) is 9.52. The summed E-state index contributed by atoms with van der Waals surface area (Å²) in [5.74, 6) is -0.543. The first-order chi connectivity index (χ1) is 18.6. The van der Waals surface area contributed by atoms with Gasteiger partial charge >= 0.3 is 17.0 Å². The van der Waals surface area contributed by atoms with Gasteiger partial charge in [0.15, 0.2) is 11.9 Å². The van der Waals surface area contributed by atoms with Crippen molar-refractivity contribution in [1.29, 1.82) is 0 Å². The average molecular weight is 560 g/mol. The summed E-state index contributed by atoms with van der Waals surface area (Å²) in [7, 11) is 1.08. The Hall–Kier alpha value is -3.96. The Morgan fingerprint density at radius 2 is 1.69 bits per heavy atom. The zero-order valence-corrected chi connectivity index (χ0v) is 21.6. The van der Waals surface area contributed by atoms with Crippen molar-refractivity contribution in [3.8, 4) is 5.75 Å². The number of hydrogen-bond acceptors (Lipinski definition) is 7. The molecule has 39 heavy (non-hydrogen) atoms. The van der Waals surface area contributed by atoms with Crippen LogP contribution in [0.5, 0.6) is 5.75 Å². The van der Waals surface area contributed by atoms with Crippen LogP contribution in [0.1, 0.15) is 21.5 Å². The number of alkyl halides is 3. The van der Waals surface area contributed by atoms with E-state index in [1.54, 1.807) is 71.3 Å². The fraction of sp³-hybridized carbons (Fsp3) is 0.250. The van der Waals surface area contributed by atoms with Gasteiger partial charge in [-0.05, 0) is 35.9 Å². The summed E-state index contributed by atoms with van der Waals surface area (Å²) in [5.41, 5.74) is 2.32. The summed E-state index contributed by atoms with van der Waals surface area (Å²) < 4.78 is 54.7. The van der Waals surface area contributed by atoms with Gasteiger partial charge < -0.3 is 14.2 Å². The van der Waals surface area contributed by atoms with Gasteiger partial charge in [0, 0.05) is 17.5 Å². The molecule has 11 heteroatoms. The Morgan fingerprint density at radius 3 is 2.36 bits per heavy atom. The number of nitrogens with zero attached hydrogens (tertiary/aromatic N) is 1. The first kappa shape index (κ1) is 28.1. The van der Waals surface area contributed by atoms with Crippen LogP contribution in [0.15, 0.2) is 77.6 Å². The average Bonchev–Trinajstić information content (AvgIpc) is 3.25. The van der Waals surface area contributed by atoms with Crippen LogP contribution >= 0.6 is 11.3 Å². The van der Waals surface area contributed by atoms with Crippen molar-refractivity contribution >= 4 is 33.3 Å². The quantitative estimate of drug-likeness (QED) is 0.189. The highest BCUT2D eigenvalue weighted by Gasteiger charge is 2.32. The molecular formula is C28H24F3NO6S. The predicted octanol–water partition coefficient (Wildman–Crippen LogP) is 5.04. The number of methoxy groups -OCH3 is 1. The highest BCUT2D eigenvalue weighted by atomic mass is 32.1. The Bertz CT molecular complexity index is 1500. The zero-order chi connectivity index (χ0) is 28.0. The van der Waals surface area contributed by atoms with E-state index in [-0.39, 0.29) is 30.2 Å². The van der Waals surface area contributed by atoms with Crippen LogP contribution in [0.4, 0.5) is 13.2 Å². The molecule has 1 unspecified atom stereocenters. The molecule has 4 aromatic rings. The molecule has 0 aliphatic carbocycles. The number of benzene rings is 3. The van der Waals surface area contributed by atoms with Crippen LogP contribution in [0.25, 0.3) is 10.2 Å². The summed E-state index contributed by atoms with van der Waals surface area (Å²) in [5, 5.41) is 0. The van der Waals surface area contributed by atoms with E-state index < -0.39 is 24.9 Å². The molecule has 7 nitrogen and oxygen atoms in total. The van der Waals surface area contributed by atoms with E-state index in [2.05, 4.69) is 4.74 Å². The van der Waals surface area contributed by atoms with Crippen molar-refractivity contribution in [2.45, 2.75) is 25.2 Å². The van der Waals surface area contributed by atoms with Gasteiger partial charge in [-0.2, -0.15) is 13.2 Å². The molecule has 1 heterocycles. The topological polar surface area (TPSA) is 83.8 Å². The third-order valence-corrected chi connectivity index (χ3v) is 6.75. The predicted molar refractivity (Wildman–Crippen MR) is 139 cm³/mol. The van der Waals surface area contributed by atoms with E-state index >= 15 is 0 Å². The zero-order valence-electron chi connectivity index (χ0n) is 20.8. The number of carbonyl (C=O) groups excluding carboxylic acids is 2. The third kappa shape index (κ3) is 7.33. The fourth-order valence-electron chi connectivity index (χ4n) is 3.90. The molecular weight excluding hydrogens is 535 g/mol. The molecule has 0 radical (unpaired) electrons. The number of hydrogen-bond donors (Lipinski definition) is 0. The lowest BCUT2D eigenvalue weighted by Crippen LogP contribution is -2.32. The Balaban J connectivity index is 1.37. The van der Waals surface area contributed by atoms with E-state index in [1.165, 1.54) is 0 Å². The number of thiazole rings is 1. The van der Waals surface area contributed by atoms with Crippen LogP contribution in [-0.4, -0.2) is 48.9 Å². The fourth-order valence-corrected chi connectivity index (χ4v) is 4.86. The Morgan fingerprint density at radius 1 is 0.974 bits per heavy atom. The molecule has 1 atom stereocenters. The summed E-state index contributed by atoms with van der Waals surface area (Å²) in [6, 6.07) is 20.5. The first-order valence-electron chi connectivity index (χ1n) is 11.9. The third-order valence-electron chi connectivity index (χ3n) is 5.81. The molecule has 0 aliphatic heterocycles. The van der Waals surface area contributed by atoms with Crippen LogP contribution in [0.3, 0.4) is 0 Å². The second-order valence-electron chi connectivity index (χ2n) is 8.53. The Kier molecular flexibility index (Phi) is 8.82. The molecule has 4 rings (SSSR count). The molecule has 0 saturated heterocycles. The number of esters is 1. The van der Waals surface area contributed by atoms with Gasteiger partial charge in [0.1, 0.15) is 19.0 Å². The van der Waals surface area contributed by atoms with Crippen molar-refractivity contribution in [3.05, 3.63) is 99.2 Å². The van der Waals surface area contributed by atoms with Gasteiger partial charge in [-0.3, -0.25) is 14.2 Å². The summed E-state index contributed by atoms with van der Waals surface area (Å²) in [6.07, 6.45) is -6.07. The van der Waals surface area contributed by atoms with E-state index in [1.807, 2.05) is 6.07 Å². The van der Waals surface area contributed by atoms with Gasteiger partial charge in [0.05, 0.1) is 23.9 Å². The summed E-state index contributed by atoms with van der Waals surface area (Å²) in [6.45, 7) is -1.12. The van der Waals surface area contributed by atoms with Crippen molar-refractivity contribution in [2.24, 2.45) is 0 Å². The maximum atomic E-state index is 12.7. The molecule has 0 saturated carbocycles. The lowest BCUT2D eigenvalue weighted by Gasteiger charge is -2.17. The number of ketones is 1. The van der Waals surface area contributed by atoms with Crippen LogP contribution in [-0.2, 0) is 27.2 Å². The molecule has 3 aromatic carbocycles. The molecule has 0 N–H and O–H groups in total. The second kappa shape index (κ2) is 12.3. The lowest BCUT2D eigenvalue weighted by molar-refractivity contribution is -0.193. The number of fused-ring (bicyclic) bond motifs is 1. The van der Waals surface area contributed by atoms with Gasteiger partial charge in [-0.25, -0.2) is 4.79 Å². The molecule has 204 valence electrons. The van der Waals surface area contributed by atoms with Crippen molar-refractivity contribution in [1.82, 2.24) is 4.57 Å². The highest BCUT2D eigenvalue weighted by Crippen LogP contribution is 2.22. The van der Waals surface area contributed by atoms with Gasteiger partial charge in [0.2, 0.25) is 0 Å². The van der Waals surface area contributed by atoms with E-state index in [4.69, 9.17) is 9.47 Å². The summed E-state index contributed by atoms with van der Waals surface area (Å²) >= 11 is 1.05. The van der Waals surface area contributed by atoms with Crippen molar-refractivity contribution in [3.63, 3.8) is 0 Å². The van der Waals surface area contributed by atoms with Crippen molar-refractivity contribution < 1.29 is 37.0 Å². The normalized spacial score (nSPS) is 12.3. The van der Waals surface area contributed by atoms with Crippen LogP contribution in [0.2, 0.25) is 0 Å². The minimum absolute atomic E-state index is 0.103. The largest absolute Gasteiger partial charge is 0.492 e. The van der Waals surface area contributed by atoms with Crippen LogP contribution < -0.4 is 9.61 Å². The molecule has 0 aliphatic rings. The summed E-state index contributed by atoms with van der Waals surface area (Å²) in [4.78, 5) is 37.0. The minimum atomic E-state index is -4.57. The van der Waals surface area contributed by atoms with E-state index in [0.29, 0.717) is 32.7 Å². The number of ether oxygens (including phenoxy) is 3. The number of halogens is 3. The van der Waals surface area contributed by atoms with E-state index in [0.717, 1.165) is 18.4 Å². The molecule has 0 spiro atoms. The van der Waals surface area contributed by atoms with Gasteiger partial charge in [-0.15, -0.1) is 0 Å². The number of rotatable bonds is 11. The SMILES string of the molecule is COC(=O)C(Cc1ccc(OCCn2c(=O)sc3cc(C(=O)c4ccccc4)ccc32)cc1)OCC(F)(F)F. The van der Waals surface area contributed by atoms with Gasteiger partial charge in [0.25, 0.3) is 0 Å². The van der Waals surface area contributed by atoms with Crippen LogP contribution in [0, 0.1) is 0 Å². The standard InChI is InChI=1S/C28H24F3NO6S/c1-36-26(34)23(38-17-28(29,30)31)15-18-7-10-21(11-8-18)37-14-13-32-22-12-9-20(16-24(22)39-27(32)35)25(33)19-5-3-2-4-6-19/h2-12,16,23H,13-15,17H2,1H3. The lowest BCUT2D eigenvalue weighted by atomic mass is 10.0. The molecule has 0 fully saturated rings. The first-order valence-corrected chi connectivity index (χ1v) is 12.7. The maximum absolute atomic E-state index is 12.7. The minimum Gasteiger partial charge on any atom is -0.492 e. The monoisotopic (exact) mass is 559 g/mol. The molecule has 0 amide bonds.